The van der Waals surface area contributed by atoms with Crippen LogP contribution in [0.15, 0.2) is 60.9 Å². The molecule has 0 amide bonds. The monoisotopic (exact) mass is 371 g/mol. The van der Waals surface area contributed by atoms with E-state index in [0.29, 0.717) is 11.6 Å². The van der Waals surface area contributed by atoms with Gasteiger partial charge in [-0.2, -0.15) is 0 Å². The molecular weight excluding hydrogens is 350 g/mol. The molecule has 4 rings (SSSR count). The van der Waals surface area contributed by atoms with Gasteiger partial charge in [-0.3, -0.25) is 4.57 Å². The minimum atomic E-state index is 0.542. The quantitative estimate of drug-likeness (QED) is 0.509. The Bertz CT molecular complexity index is 1100. The highest BCUT2D eigenvalue weighted by molar-refractivity contribution is 5.62. The molecule has 0 saturated carbocycles. The SMILES string of the molecule is CCc1cc(Oc2ccc(-n3c(C)nnc3-c3ccccc3C)cc2)ncn1. The van der Waals surface area contributed by atoms with Crippen molar-refractivity contribution in [1.82, 2.24) is 24.7 Å². The lowest BCUT2D eigenvalue weighted by atomic mass is 10.1. The van der Waals surface area contributed by atoms with Crippen molar-refractivity contribution in [3.63, 3.8) is 0 Å². The lowest BCUT2D eigenvalue weighted by molar-refractivity contribution is 0.460. The first-order chi connectivity index (χ1) is 13.7. The fourth-order valence-corrected chi connectivity index (χ4v) is 3.08. The molecule has 0 atom stereocenters. The third-order valence-electron chi connectivity index (χ3n) is 4.59. The minimum absolute atomic E-state index is 0.542. The van der Waals surface area contributed by atoms with Crippen LogP contribution in [0.4, 0.5) is 0 Å². The van der Waals surface area contributed by atoms with Crippen LogP contribution >= 0.6 is 0 Å². The maximum atomic E-state index is 5.87. The summed E-state index contributed by atoms with van der Waals surface area (Å²) in [6.45, 7) is 6.08. The van der Waals surface area contributed by atoms with Crippen LogP contribution in [0, 0.1) is 13.8 Å². The van der Waals surface area contributed by atoms with Gasteiger partial charge in [0.25, 0.3) is 0 Å². The van der Waals surface area contributed by atoms with E-state index >= 15 is 0 Å². The Kier molecular flexibility index (Phi) is 4.85. The van der Waals surface area contributed by atoms with Crippen molar-refractivity contribution in [3.05, 3.63) is 78.0 Å². The van der Waals surface area contributed by atoms with E-state index in [1.165, 1.54) is 6.33 Å². The van der Waals surface area contributed by atoms with Crippen LogP contribution in [0.2, 0.25) is 0 Å². The van der Waals surface area contributed by atoms with E-state index < -0.39 is 0 Å². The second-order valence-corrected chi connectivity index (χ2v) is 6.52. The number of aromatic nitrogens is 5. The van der Waals surface area contributed by atoms with E-state index in [4.69, 9.17) is 4.74 Å². The Labute approximate surface area is 163 Å². The zero-order valence-electron chi connectivity index (χ0n) is 16.1. The van der Waals surface area contributed by atoms with Crippen LogP contribution in [-0.2, 0) is 6.42 Å². The Balaban J connectivity index is 1.65. The van der Waals surface area contributed by atoms with Crippen LogP contribution in [0.25, 0.3) is 17.1 Å². The van der Waals surface area contributed by atoms with Crippen LogP contribution in [0.1, 0.15) is 24.0 Å². The maximum Gasteiger partial charge on any atom is 0.222 e. The summed E-state index contributed by atoms with van der Waals surface area (Å²) in [7, 11) is 0. The van der Waals surface area contributed by atoms with E-state index in [9.17, 15) is 0 Å². The molecule has 2 heterocycles. The number of ether oxygens (including phenoxy) is 1. The molecule has 0 bridgehead atoms. The second kappa shape index (κ2) is 7.60. The summed E-state index contributed by atoms with van der Waals surface area (Å²) in [5.74, 6) is 2.91. The smallest absolute Gasteiger partial charge is 0.222 e. The van der Waals surface area contributed by atoms with Gasteiger partial charge >= 0.3 is 0 Å². The Hall–Kier alpha value is -3.54. The first-order valence-electron chi connectivity index (χ1n) is 9.23. The third-order valence-corrected chi connectivity index (χ3v) is 4.59. The number of aryl methyl sites for hydroxylation is 3. The van der Waals surface area contributed by atoms with Gasteiger partial charge in [0.15, 0.2) is 5.82 Å². The molecule has 0 N–H and O–H groups in total. The van der Waals surface area contributed by atoms with E-state index in [-0.39, 0.29) is 0 Å². The van der Waals surface area contributed by atoms with Crippen molar-refractivity contribution in [2.45, 2.75) is 27.2 Å². The summed E-state index contributed by atoms with van der Waals surface area (Å²) in [6.07, 6.45) is 2.37. The van der Waals surface area contributed by atoms with Gasteiger partial charge in [-0.1, -0.05) is 31.2 Å². The number of rotatable bonds is 5. The molecule has 0 spiro atoms. The zero-order valence-corrected chi connectivity index (χ0v) is 16.1. The van der Waals surface area contributed by atoms with Crippen LogP contribution in [0.3, 0.4) is 0 Å². The summed E-state index contributed by atoms with van der Waals surface area (Å²) >= 11 is 0. The number of hydrogen-bond donors (Lipinski definition) is 0. The van der Waals surface area contributed by atoms with Crippen LogP contribution in [-0.4, -0.2) is 24.7 Å². The summed E-state index contributed by atoms with van der Waals surface area (Å²) in [5.41, 5.74) is 4.15. The van der Waals surface area contributed by atoms with E-state index in [2.05, 4.69) is 46.1 Å². The summed E-state index contributed by atoms with van der Waals surface area (Å²) in [5, 5.41) is 8.68. The minimum Gasteiger partial charge on any atom is -0.439 e. The fourth-order valence-electron chi connectivity index (χ4n) is 3.08. The normalized spacial score (nSPS) is 10.8. The second-order valence-electron chi connectivity index (χ2n) is 6.52. The van der Waals surface area contributed by atoms with Crippen molar-refractivity contribution < 1.29 is 4.74 Å². The molecule has 6 nitrogen and oxygen atoms in total. The lowest BCUT2D eigenvalue weighted by Crippen LogP contribution is -2.01. The molecule has 0 aliphatic heterocycles. The van der Waals surface area contributed by atoms with Gasteiger partial charge in [-0.15, -0.1) is 10.2 Å². The molecule has 28 heavy (non-hydrogen) atoms. The van der Waals surface area contributed by atoms with Gasteiger partial charge in [-0.05, 0) is 50.1 Å². The molecule has 0 radical (unpaired) electrons. The van der Waals surface area contributed by atoms with Crippen molar-refractivity contribution in [2.24, 2.45) is 0 Å². The number of benzene rings is 2. The van der Waals surface area contributed by atoms with Gasteiger partial charge in [0, 0.05) is 23.0 Å². The summed E-state index contributed by atoms with van der Waals surface area (Å²) < 4.78 is 7.91. The highest BCUT2D eigenvalue weighted by atomic mass is 16.5. The predicted octanol–water partition coefficient (Wildman–Crippen LogP) is 4.70. The molecular formula is C22H21N5O. The van der Waals surface area contributed by atoms with Crippen molar-refractivity contribution in [3.8, 4) is 28.7 Å². The van der Waals surface area contributed by atoms with Gasteiger partial charge in [0.1, 0.15) is 17.9 Å². The number of nitrogens with zero attached hydrogens (tertiary/aromatic N) is 5. The Morgan fingerprint density at radius 3 is 2.46 bits per heavy atom. The summed E-state index contributed by atoms with van der Waals surface area (Å²) in [4.78, 5) is 8.37. The van der Waals surface area contributed by atoms with Crippen LogP contribution < -0.4 is 4.74 Å². The molecule has 2 aromatic carbocycles. The standard InChI is InChI=1S/C22H21N5O/c1-4-17-13-21(24-14-23-17)28-19-11-9-18(10-12-19)27-16(3)25-26-22(27)20-8-6-5-7-15(20)2/h5-14H,4H2,1-3H3. The molecule has 6 heteroatoms. The molecule has 0 aliphatic carbocycles. The predicted molar refractivity (Wildman–Crippen MR) is 108 cm³/mol. The first kappa shape index (κ1) is 17.9. The highest BCUT2D eigenvalue weighted by Gasteiger charge is 2.14. The van der Waals surface area contributed by atoms with Gasteiger partial charge < -0.3 is 4.74 Å². The highest BCUT2D eigenvalue weighted by Crippen LogP contribution is 2.27. The molecule has 140 valence electrons. The van der Waals surface area contributed by atoms with E-state index in [1.807, 2.05) is 54.0 Å². The molecule has 0 unspecified atom stereocenters. The van der Waals surface area contributed by atoms with E-state index in [0.717, 1.165) is 40.6 Å². The first-order valence-corrected chi connectivity index (χ1v) is 9.23. The summed E-state index contributed by atoms with van der Waals surface area (Å²) in [6, 6.07) is 17.9. The average Bonchev–Trinajstić information content (AvgIpc) is 3.10. The van der Waals surface area contributed by atoms with Gasteiger partial charge in [-0.25, -0.2) is 9.97 Å². The van der Waals surface area contributed by atoms with Gasteiger partial charge in [0.2, 0.25) is 5.88 Å². The Morgan fingerprint density at radius 2 is 1.71 bits per heavy atom. The maximum absolute atomic E-state index is 5.87. The fraction of sp³-hybridized carbons (Fsp3) is 0.182. The van der Waals surface area contributed by atoms with Crippen molar-refractivity contribution >= 4 is 0 Å². The van der Waals surface area contributed by atoms with E-state index in [1.54, 1.807) is 0 Å². The number of hydrogen-bond acceptors (Lipinski definition) is 5. The van der Waals surface area contributed by atoms with Gasteiger partial charge in [0.05, 0.1) is 0 Å². The zero-order chi connectivity index (χ0) is 19.5. The van der Waals surface area contributed by atoms with Crippen LogP contribution in [0.5, 0.6) is 11.6 Å². The van der Waals surface area contributed by atoms with Crippen molar-refractivity contribution in [1.29, 1.82) is 0 Å². The topological polar surface area (TPSA) is 65.7 Å². The average molecular weight is 371 g/mol. The molecule has 2 aromatic heterocycles. The third kappa shape index (κ3) is 3.49. The molecule has 0 fully saturated rings. The molecule has 0 saturated heterocycles. The molecule has 0 aliphatic rings. The van der Waals surface area contributed by atoms with Crippen molar-refractivity contribution in [2.75, 3.05) is 0 Å². The largest absolute Gasteiger partial charge is 0.439 e. The molecule has 4 aromatic rings. The Morgan fingerprint density at radius 1 is 0.929 bits per heavy atom. The lowest BCUT2D eigenvalue weighted by Gasteiger charge is -2.11.